The molecule has 1 aliphatic carbocycles. The van der Waals surface area contributed by atoms with E-state index < -0.39 is 18.2 Å². The normalized spacial score (nSPS) is 16.8. The Bertz CT molecular complexity index is 6860. The van der Waals surface area contributed by atoms with Crippen LogP contribution in [-0.2, 0) is 40.0 Å². The van der Waals surface area contributed by atoms with E-state index in [0.717, 1.165) is 150 Å². The number of carbonyl (C=O) groups excluding carboxylic acids is 7. The summed E-state index contributed by atoms with van der Waals surface area (Å²) >= 11 is 34.4. The van der Waals surface area contributed by atoms with Crippen molar-refractivity contribution in [1.82, 2.24) is 59.6 Å². The zero-order chi connectivity index (χ0) is 98.8. The maximum atomic E-state index is 13.4. The summed E-state index contributed by atoms with van der Waals surface area (Å²) in [6, 6.07) is 67.0. The van der Waals surface area contributed by atoms with Gasteiger partial charge in [-0.15, -0.1) is 0 Å². The maximum Gasteiger partial charge on any atom is 0.416 e. The van der Waals surface area contributed by atoms with Gasteiger partial charge in [-0.1, -0.05) is 156 Å². The first kappa shape index (κ1) is 100. The number of fused-ring (bicyclic) bond motifs is 12. The zero-order valence-corrected chi connectivity index (χ0v) is 85.0. The predicted octanol–water partition coefficient (Wildman–Crippen LogP) is 24.6. The number of amides is 7. The van der Waals surface area contributed by atoms with Gasteiger partial charge < -0.3 is 64.1 Å². The van der Waals surface area contributed by atoms with Crippen molar-refractivity contribution in [2.24, 2.45) is 5.92 Å². The van der Waals surface area contributed by atoms with E-state index in [1.54, 1.807) is 94.2 Å². The lowest BCUT2D eigenvalue weighted by Gasteiger charge is -2.40. The number of hydrogen-bond acceptors (Lipinski definition) is 14. The molecule has 25 nitrogen and oxygen atoms in total. The Balaban J connectivity index is 0.000000130. The van der Waals surface area contributed by atoms with E-state index in [1.807, 2.05) is 177 Å². The Labute approximate surface area is 852 Å². The molecule has 0 spiro atoms. The van der Waals surface area contributed by atoms with Gasteiger partial charge in [0.1, 0.15) is 41.4 Å². The SMILES string of the molecule is CC(C)C(=O)Nc1ccc(C2c3[nH]c4ccc(Cl)cc4c3CCN2C(=O)Oc2ccc(Cl)cc2)cc1.CCOC(=O)N1CCc2c([nH]c3ccc(Br)cc23)C1c1ccc(C(=O)NC)cc1.CCOC(=O)N1CCc2c([nH]c3ccc(Cl)cc23)C1c1ccc(C(=O)N2CCN(C3CCCCC3)CC2)cc1.CN(C)CCCOc1ccc(C2c3[nH]c4ccc(Cl)cc4c3CCN2C(=O)Oc2ccc(Cl)cc2)cc1. The van der Waals surface area contributed by atoms with Crippen LogP contribution in [0.5, 0.6) is 17.2 Å². The Morgan fingerprint density at radius 1 is 0.426 bits per heavy atom. The molecule has 0 radical (unpaired) electrons. The summed E-state index contributed by atoms with van der Waals surface area (Å²) in [6.07, 6.45) is 8.83. The Morgan fingerprint density at radius 2 is 0.787 bits per heavy atom. The van der Waals surface area contributed by atoms with Crippen molar-refractivity contribution in [1.29, 1.82) is 0 Å². The number of nitrogens with zero attached hydrogens (tertiary/aromatic N) is 7. The summed E-state index contributed by atoms with van der Waals surface area (Å²) in [6.45, 7) is 15.1. The quantitative estimate of drug-likeness (QED) is 0.0436. The number of nitrogens with one attached hydrogen (secondary N) is 6. The van der Waals surface area contributed by atoms with Crippen LogP contribution < -0.4 is 24.8 Å². The molecule has 20 rings (SSSR count). The number of carbonyl (C=O) groups is 7. The highest BCUT2D eigenvalue weighted by atomic mass is 79.9. The number of aromatic nitrogens is 4. The minimum absolute atomic E-state index is 0.0524. The predicted molar refractivity (Wildman–Crippen MR) is 560 cm³/mol. The fourth-order valence-electron chi connectivity index (χ4n) is 20.0. The van der Waals surface area contributed by atoms with Crippen LogP contribution in [0.15, 0.2) is 223 Å². The van der Waals surface area contributed by atoms with Gasteiger partial charge in [0.15, 0.2) is 0 Å². The average Bonchev–Trinajstić information content (AvgIpc) is 1.63. The van der Waals surface area contributed by atoms with E-state index in [-0.39, 0.29) is 54.0 Å². The van der Waals surface area contributed by atoms with Crippen molar-refractivity contribution < 1.29 is 57.2 Å². The van der Waals surface area contributed by atoms with E-state index in [0.29, 0.717) is 125 Å². The number of rotatable bonds is 18. The Kier molecular flexibility index (Phi) is 32.1. The second kappa shape index (κ2) is 45.2. The van der Waals surface area contributed by atoms with Crippen molar-refractivity contribution in [2.75, 3.05) is 105 Å². The van der Waals surface area contributed by atoms with Gasteiger partial charge in [0.05, 0.1) is 19.8 Å². The largest absolute Gasteiger partial charge is 0.494 e. The van der Waals surface area contributed by atoms with Crippen LogP contribution in [0.3, 0.4) is 0 Å². The first-order valence-electron chi connectivity index (χ1n) is 48.0. The maximum absolute atomic E-state index is 13.4. The summed E-state index contributed by atoms with van der Waals surface area (Å²) in [5, 5.41) is 13.1. The molecule has 2 fully saturated rings. The van der Waals surface area contributed by atoms with Crippen molar-refractivity contribution in [3.63, 3.8) is 0 Å². The van der Waals surface area contributed by atoms with Gasteiger partial charge in [-0.2, -0.15) is 0 Å². The number of ether oxygens (including phenoxy) is 5. The van der Waals surface area contributed by atoms with Crippen LogP contribution in [0, 0.1) is 5.92 Å². The molecule has 14 aromatic rings. The molecule has 4 aromatic heterocycles. The summed E-state index contributed by atoms with van der Waals surface area (Å²) in [5.74, 6) is 1.44. The third kappa shape index (κ3) is 22.8. The summed E-state index contributed by atoms with van der Waals surface area (Å²) in [5.41, 5.74) is 18.2. The van der Waals surface area contributed by atoms with Crippen LogP contribution in [0.1, 0.15) is 178 Å². The topological polar surface area (TPSA) is 276 Å². The number of hydrogen-bond donors (Lipinski definition) is 6. The van der Waals surface area contributed by atoms with Crippen LogP contribution in [0.2, 0.25) is 25.1 Å². The van der Waals surface area contributed by atoms with Crippen molar-refractivity contribution >= 4 is 165 Å². The third-order valence-corrected chi connectivity index (χ3v) is 28.7. The Hall–Kier alpha value is -12.5. The minimum atomic E-state index is -0.457. The van der Waals surface area contributed by atoms with Gasteiger partial charge >= 0.3 is 24.4 Å². The number of aromatic amines is 4. The highest BCUT2D eigenvalue weighted by Gasteiger charge is 2.42. The lowest BCUT2D eigenvalue weighted by molar-refractivity contribution is -0.118. The average molecular weight is 2070 g/mol. The lowest BCUT2D eigenvalue weighted by atomic mass is 9.92. The smallest absolute Gasteiger partial charge is 0.416 e. The number of halogens is 6. The summed E-state index contributed by atoms with van der Waals surface area (Å²) < 4.78 is 29.1. The minimum Gasteiger partial charge on any atom is -0.494 e. The highest BCUT2D eigenvalue weighted by Crippen LogP contribution is 2.46. The second-order valence-electron chi connectivity index (χ2n) is 36.5. The van der Waals surface area contributed by atoms with Crippen molar-refractivity contribution in [3.8, 4) is 17.2 Å². The molecule has 1 saturated carbocycles. The van der Waals surface area contributed by atoms with E-state index >= 15 is 0 Å². The first-order valence-corrected chi connectivity index (χ1v) is 50.7. The molecule has 1 saturated heterocycles. The molecule has 9 heterocycles. The van der Waals surface area contributed by atoms with Crippen molar-refractivity contribution in [3.05, 3.63) is 326 Å². The van der Waals surface area contributed by atoms with Gasteiger partial charge in [-0.25, -0.2) is 19.2 Å². The molecule has 6 N–H and O–H groups in total. The number of benzene rings is 10. The molecular weight excluding hydrogens is 1950 g/mol. The lowest BCUT2D eigenvalue weighted by Crippen LogP contribution is -2.52. The molecule has 6 aliphatic rings. The standard InChI is InChI=1S/C31H37ClN4O3.C29H29Cl2N3O3.C28H25Cl2N3O3.C22H22BrN3O3/c1-2-39-31(38)36-15-14-25-26-20-23(32)12-13-27(26)33-28(25)29(36)21-8-10-22(11-9-21)30(37)35-18-16-34(17-19-35)24-6-4-3-5-7-24;1-33(2)15-3-17-36-22-9-4-19(5-10-22)28-27-24(25-18-21(31)8-13-26(25)32-27)14-16-34(28)29(35)37-23-11-6-20(30)7-12-23;1-16(2)27(34)31-20-8-3-17(4-9-20)26-25-22(23-15-19(30)7-12-24(23)32-25)13-14-33(26)28(35)36-21-10-5-18(29)6-11-21;1-3-29-22(28)26-11-10-16-17-12-15(23)8-9-18(17)25-19(16)20(26)13-4-6-14(7-5-13)21(27)24-2/h8-13,20,24,29,33H,2-7,14-19H2,1H3;4-13,18,28,32H,3,14-17H2,1-2H3;3-12,15-16,26,32H,13-14H2,1-2H3,(H,31,34);4-9,12,20,25H,3,10-11H2,1-2H3,(H,24,27). The summed E-state index contributed by atoms with van der Waals surface area (Å²) in [4.78, 5) is 118. The molecule has 4 unspecified atom stereocenters. The molecular formula is C110H113BrCl5N13O12. The van der Waals surface area contributed by atoms with Crippen LogP contribution >= 0.6 is 73.9 Å². The number of anilines is 1. The van der Waals surface area contributed by atoms with Gasteiger partial charge in [-0.3, -0.25) is 38.9 Å². The van der Waals surface area contributed by atoms with Gasteiger partial charge in [0, 0.05) is 191 Å². The van der Waals surface area contributed by atoms with Crippen LogP contribution in [0.25, 0.3) is 43.6 Å². The second-order valence-corrected chi connectivity index (χ2v) is 39.6. The number of piperazine rings is 1. The molecule has 10 aromatic carbocycles. The number of H-pyrrole nitrogens is 4. The van der Waals surface area contributed by atoms with E-state index in [4.69, 9.17) is 81.7 Å². The van der Waals surface area contributed by atoms with Crippen LogP contribution in [0.4, 0.5) is 24.9 Å². The van der Waals surface area contributed by atoms with E-state index in [2.05, 4.69) is 76.5 Å². The monoisotopic (exact) mass is 2060 g/mol. The molecule has 732 valence electrons. The van der Waals surface area contributed by atoms with Gasteiger partial charge in [0.2, 0.25) is 5.91 Å². The molecule has 5 aliphatic heterocycles. The highest BCUT2D eigenvalue weighted by molar-refractivity contribution is 9.10. The molecule has 7 amide bonds. The van der Waals surface area contributed by atoms with Crippen LogP contribution in [-0.4, -0.2) is 202 Å². The molecule has 4 atom stereocenters. The molecule has 0 bridgehead atoms. The fourth-order valence-corrected chi connectivity index (χ4v) is 21.1. The molecule has 31 heteroatoms. The first-order chi connectivity index (χ1) is 68.2. The van der Waals surface area contributed by atoms with Crippen molar-refractivity contribution in [2.45, 2.75) is 122 Å². The van der Waals surface area contributed by atoms with E-state index in [1.165, 1.54) is 48.8 Å². The van der Waals surface area contributed by atoms with Gasteiger partial charge in [0.25, 0.3) is 11.8 Å². The fraction of sp³-hybridized carbons (Fsp3) is 0.318. The van der Waals surface area contributed by atoms with Gasteiger partial charge in [-0.05, 0) is 287 Å². The Morgan fingerprint density at radius 3 is 1.18 bits per heavy atom. The third-order valence-electron chi connectivity index (χ3n) is 27.0. The molecule has 141 heavy (non-hydrogen) atoms. The van der Waals surface area contributed by atoms with E-state index in [9.17, 15) is 33.6 Å². The summed E-state index contributed by atoms with van der Waals surface area (Å²) in [7, 11) is 5.71. The zero-order valence-electron chi connectivity index (χ0n) is 79.6.